The van der Waals surface area contributed by atoms with E-state index in [9.17, 15) is 4.79 Å². The molecule has 0 saturated heterocycles. The zero-order valence-electron chi connectivity index (χ0n) is 3.96. The summed E-state index contributed by atoms with van der Waals surface area (Å²) in [4.78, 5) is 9.23. The van der Waals surface area contributed by atoms with E-state index in [1.54, 1.807) is 0 Å². The van der Waals surface area contributed by atoms with Crippen LogP contribution in [0.15, 0.2) is 0 Å². The van der Waals surface area contributed by atoms with Gasteiger partial charge in [-0.15, -0.1) is 0 Å². The van der Waals surface area contributed by atoms with Crippen molar-refractivity contribution in [3.8, 4) is 0 Å². The quantitative estimate of drug-likeness (QED) is 0.369. The number of carbonyl (C=O) groups is 1. The maximum Gasteiger partial charge on any atom is 0.293 e. The molecular formula is C3H9NO3. The Labute approximate surface area is 41.7 Å². The standard InChI is InChI=1S/C3H6O3.H3N/c4-1-2-6-3-5;/h3-4H,1-2H2;1H3. The summed E-state index contributed by atoms with van der Waals surface area (Å²) in [5.41, 5.74) is 0. The van der Waals surface area contributed by atoms with Crippen molar-refractivity contribution in [3.05, 3.63) is 0 Å². The fraction of sp³-hybridized carbons (Fsp3) is 0.667. The number of ether oxygens (including phenoxy) is 1. The van der Waals surface area contributed by atoms with Crippen LogP contribution in [-0.2, 0) is 9.53 Å². The molecule has 0 aliphatic heterocycles. The summed E-state index contributed by atoms with van der Waals surface area (Å²) in [6, 6.07) is 0. The van der Waals surface area contributed by atoms with E-state index in [1.165, 1.54) is 0 Å². The lowest BCUT2D eigenvalue weighted by atomic mass is 10.8. The Kier molecular flexibility index (Phi) is 12.4. The Bertz CT molecular complexity index is 39.2. The fourth-order valence-electron chi connectivity index (χ4n) is 0.101. The van der Waals surface area contributed by atoms with Gasteiger partial charge in [-0.25, -0.2) is 0 Å². The molecule has 0 spiro atoms. The minimum absolute atomic E-state index is 0. The van der Waals surface area contributed by atoms with Gasteiger partial charge in [-0.05, 0) is 0 Å². The van der Waals surface area contributed by atoms with Crippen LogP contribution < -0.4 is 6.15 Å². The molecule has 0 bridgehead atoms. The number of rotatable bonds is 3. The molecule has 0 unspecified atom stereocenters. The predicted molar refractivity (Wildman–Crippen MR) is 24.1 cm³/mol. The van der Waals surface area contributed by atoms with Gasteiger partial charge < -0.3 is 16.0 Å². The molecule has 0 saturated carbocycles. The second kappa shape index (κ2) is 9.04. The van der Waals surface area contributed by atoms with Crippen LogP contribution in [0.5, 0.6) is 0 Å². The molecule has 0 aliphatic carbocycles. The van der Waals surface area contributed by atoms with Crippen LogP contribution in [0.2, 0.25) is 0 Å². The lowest BCUT2D eigenvalue weighted by Gasteiger charge is -1.86. The third-order valence-corrected chi connectivity index (χ3v) is 0.277. The van der Waals surface area contributed by atoms with Gasteiger partial charge in [0.1, 0.15) is 6.61 Å². The highest BCUT2D eigenvalue weighted by Crippen LogP contribution is 1.58. The van der Waals surface area contributed by atoms with E-state index in [4.69, 9.17) is 5.11 Å². The number of hydrogen-bond donors (Lipinski definition) is 2. The highest BCUT2D eigenvalue weighted by molar-refractivity contribution is 5.36. The number of hydrogen-bond acceptors (Lipinski definition) is 4. The summed E-state index contributed by atoms with van der Waals surface area (Å²) >= 11 is 0. The first-order chi connectivity index (χ1) is 2.91. The second-order valence-corrected chi connectivity index (χ2v) is 0.691. The third kappa shape index (κ3) is 10.8. The molecule has 0 aromatic carbocycles. The van der Waals surface area contributed by atoms with Gasteiger partial charge in [0.25, 0.3) is 6.47 Å². The van der Waals surface area contributed by atoms with E-state index >= 15 is 0 Å². The summed E-state index contributed by atoms with van der Waals surface area (Å²) in [6.45, 7) is 0.304. The van der Waals surface area contributed by atoms with Gasteiger partial charge in [-0.3, -0.25) is 4.79 Å². The van der Waals surface area contributed by atoms with Crippen LogP contribution in [0.3, 0.4) is 0 Å². The normalized spacial score (nSPS) is 6.43. The number of aliphatic hydroxyl groups excluding tert-OH is 1. The molecule has 0 rings (SSSR count). The summed E-state index contributed by atoms with van der Waals surface area (Å²) in [6.07, 6.45) is 0. The Morgan fingerprint density at radius 3 is 2.43 bits per heavy atom. The van der Waals surface area contributed by atoms with E-state index in [-0.39, 0.29) is 19.4 Å². The first kappa shape index (κ1) is 9.63. The van der Waals surface area contributed by atoms with Crippen LogP contribution in [0.1, 0.15) is 0 Å². The molecule has 4 N–H and O–H groups in total. The smallest absolute Gasteiger partial charge is 0.293 e. The molecule has 0 aromatic heterocycles. The highest BCUT2D eigenvalue weighted by atomic mass is 16.5. The van der Waals surface area contributed by atoms with E-state index in [1.807, 2.05) is 0 Å². The van der Waals surface area contributed by atoms with E-state index in [2.05, 4.69) is 4.74 Å². The summed E-state index contributed by atoms with van der Waals surface area (Å²) in [5, 5.41) is 7.91. The minimum atomic E-state index is -0.0985. The van der Waals surface area contributed by atoms with Crippen molar-refractivity contribution < 1.29 is 14.6 Å². The van der Waals surface area contributed by atoms with Crippen LogP contribution in [0.4, 0.5) is 0 Å². The molecule has 44 valence electrons. The summed E-state index contributed by atoms with van der Waals surface area (Å²) in [5.74, 6) is 0. The van der Waals surface area contributed by atoms with E-state index < -0.39 is 0 Å². The van der Waals surface area contributed by atoms with Crippen molar-refractivity contribution >= 4 is 6.47 Å². The average molecular weight is 107 g/mol. The van der Waals surface area contributed by atoms with Gasteiger partial charge >= 0.3 is 0 Å². The molecule has 0 aromatic rings. The van der Waals surface area contributed by atoms with Crippen molar-refractivity contribution in [3.63, 3.8) is 0 Å². The Morgan fingerprint density at radius 1 is 1.71 bits per heavy atom. The van der Waals surface area contributed by atoms with Gasteiger partial charge in [0.05, 0.1) is 6.61 Å². The Balaban J connectivity index is 0. The highest BCUT2D eigenvalue weighted by Gasteiger charge is 1.72. The molecule has 0 heterocycles. The van der Waals surface area contributed by atoms with Crippen molar-refractivity contribution in [2.24, 2.45) is 0 Å². The zero-order valence-corrected chi connectivity index (χ0v) is 3.96. The lowest BCUT2D eigenvalue weighted by Crippen LogP contribution is -1.95. The Morgan fingerprint density at radius 2 is 2.29 bits per heavy atom. The molecular weight excluding hydrogens is 98.0 g/mol. The van der Waals surface area contributed by atoms with Crippen LogP contribution >= 0.6 is 0 Å². The molecule has 0 aliphatic rings. The summed E-state index contributed by atoms with van der Waals surface area (Å²) < 4.78 is 4.05. The molecule has 0 fully saturated rings. The van der Waals surface area contributed by atoms with Gasteiger partial charge in [-0.1, -0.05) is 0 Å². The van der Waals surface area contributed by atoms with Crippen molar-refractivity contribution in [2.75, 3.05) is 13.2 Å². The molecule has 4 heteroatoms. The second-order valence-electron chi connectivity index (χ2n) is 0.691. The van der Waals surface area contributed by atoms with Crippen LogP contribution in [0.25, 0.3) is 0 Å². The predicted octanol–water partition coefficient (Wildman–Crippen LogP) is -0.686. The first-order valence-corrected chi connectivity index (χ1v) is 1.58. The number of aliphatic hydroxyl groups is 1. The maximum absolute atomic E-state index is 9.23. The van der Waals surface area contributed by atoms with E-state index in [0.717, 1.165) is 0 Å². The van der Waals surface area contributed by atoms with E-state index in [0.29, 0.717) is 6.47 Å². The van der Waals surface area contributed by atoms with Gasteiger partial charge in [-0.2, -0.15) is 0 Å². The molecule has 7 heavy (non-hydrogen) atoms. The average Bonchev–Trinajstić information content (AvgIpc) is 1.61. The van der Waals surface area contributed by atoms with Gasteiger partial charge in [0.2, 0.25) is 0 Å². The van der Waals surface area contributed by atoms with Crippen LogP contribution in [-0.4, -0.2) is 24.8 Å². The van der Waals surface area contributed by atoms with Gasteiger partial charge in [0.15, 0.2) is 0 Å². The van der Waals surface area contributed by atoms with Gasteiger partial charge in [0, 0.05) is 0 Å². The van der Waals surface area contributed by atoms with Crippen LogP contribution in [0, 0.1) is 0 Å². The molecule has 4 nitrogen and oxygen atoms in total. The molecule has 0 atom stereocenters. The minimum Gasteiger partial charge on any atom is -0.465 e. The molecule has 0 amide bonds. The third-order valence-electron chi connectivity index (χ3n) is 0.277. The largest absolute Gasteiger partial charge is 0.465 e. The fourth-order valence-corrected chi connectivity index (χ4v) is 0.101. The monoisotopic (exact) mass is 107 g/mol. The SMILES string of the molecule is N.O=COCCO. The van der Waals surface area contributed by atoms with Crippen molar-refractivity contribution in [1.29, 1.82) is 0 Å². The lowest BCUT2D eigenvalue weighted by molar-refractivity contribution is -0.129. The summed E-state index contributed by atoms with van der Waals surface area (Å²) in [7, 11) is 0. The molecule has 0 radical (unpaired) electrons. The first-order valence-electron chi connectivity index (χ1n) is 1.58. The van der Waals surface area contributed by atoms with Crippen molar-refractivity contribution in [2.45, 2.75) is 0 Å². The maximum atomic E-state index is 9.23. The topological polar surface area (TPSA) is 81.5 Å². The zero-order chi connectivity index (χ0) is 4.83. The Hall–Kier alpha value is -0.610. The van der Waals surface area contributed by atoms with Crippen molar-refractivity contribution in [1.82, 2.24) is 6.15 Å². The number of carbonyl (C=O) groups excluding carboxylic acids is 1.